The van der Waals surface area contributed by atoms with Crippen molar-refractivity contribution < 1.29 is 8.42 Å². The molecule has 0 amide bonds. The maximum Gasteiger partial charge on any atom is 0.269 e. The molecule has 1 fully saturated rings. The summed E-state index contributed by atoms with van der Waals surface area (Å²) in [6, 6.07) is 11.8. The summed E-state index contributed by atoms with van der Waals surface area (Å²) in [5.74, 6) is 0. The highest BCUT2D eigenvalue weighted by molar-refractivity contribution is 7.90. The van der Waals surface area contributed by atoms with E-state index in [4.69, 9.17) is 0 Å². The van der Waals surface area contributed by atoms with E-state index in [2.05, 4.69) is 21.9 Å². The van der Waals surface area contributed by atoms with Crippen molar-refractivity contribution in [3.8, 4) is 0 Å². The molecule has 3 aromatic heterocycles. The number of halogens is 1. The molecule has 1 aromatic carbocycles. The molecule has 1 saturated heterocycles. The Balaban J connectivity index is 0.00000181. The van der Waals surface area contributed by atoms with Gasteiger partial charge in [0.1, 0.15) is 0 Å². The van der Waals surface area contributed by atoms with Crippen molar-refractivity contribution >= 4 is 44.4 Å². The van der Waals surface area contributed by atoms with Gasteiger partial charge >= 0.3 is 0 Å². The van der Waals surface area contributed by atoms with Gasteiger partial charge in [-0.2, -0.15) is 0 Å². The Bertz CT molecular complexity index is 1370. The normalized spacial score (nSPS) is 20.7. The third-order valence-electron chi connectivity index (χ3n) is 6.34. The second-order valence-electron chi connectivity index (χ2n) is 7.83. The molecule has 5 heterocycles. The van der Waals surface area contributed by atoms with Crippen LogP contribution >= 0.6 is 12.4 Å². The van der Waals surface area contributed by atoms with Crippen LogP contribution in [0.1, 0.15) is 30.1 Å². The van der Waals surface area contributed by atoms with E-state index in [0.717, 1.165) is 29.1 Å². The van der Waals surface area contributed by atoms with E-state index in [1.165, 1.54) is 21.7 Å². The molecule has 0 spiro atoms. The Labute approximate surface area is 175 Å². The van der Waals surface area contributed by atoms with E-state index in [-0.39, 0.29) is 12.4 Å². The second kappa shape index (κ2) is 6.32. The molecule has 2 aliphatic rings. The number of nitrogens with zero attached hydrogens (tertiary/aromatic N) is 3. The molecular formula is C21H21ClN4O2S. The smallest absolute Gasteiger partial charge is 0.269 e. The molecule has 2 atom stereocenters. The van der Waals surface area contributed by atoms with Gasteiger partial charge in [-0.05, 0) is 54.8 Å². The summed E-state index contributed by atoms with van der Waals surface area (Å²) in [6.45, 7) is 0. The summed E-state index contributed by atoms with van der Waals surface area (Å²) in [7, 11) is -1.63. The van der Waals surface area contributed by atoms with Crippen molar-refractivity contribution in [2.45, 2.75) is 36.2 Å². The fourth-order valence-corrected chi connectivity index (χ4v) is 6.33. The van der Waals surface area contributed by atoms with Gasteiger partial charge in [0.25, 0.3) is 10.0 Å². The van der Waals surface area contributed by atoms with Gasteiger partial charge in [0.15, 0.2) is 5.65 Å². The molecule has 2 bridgehead atoms. The SMILES string of the molecule is Cl.Cn1c2c(c3cc(S(=O)(=O)n4ccc5cccnc54)ccc31)C1CCC(C2)N1. The van der Waals surface area contributed by atoms with Crippen LogP contribution in [0.2, 0.25) is 0 Å². The summed E-state index contributed by atoms with van der Waals surface area (Å²) in [5, 5.41) is 5.54. The lowest BCUT2D eigenvalue weighted by Crippen LogP contribution is -2.32. The van der Waals surface area contributed by atoms with Crippen molar-refractivity contribution in [2.75, 3.05) is 0 Å². The topological polar surface area (TPSA) is 68.9 Å². The molecule has 0 saturated carbocycles. The molecule has 0 aliphatic carbocycles. The van der Waals surface area contributed by atoms with Gasteiger partial charge in [-0.15, -0.1) is 12.4 Å². The molecule has 4 aromatic rings. The number of pyridine rings is 1. The first-order valence-corrected chi connectivity index (χ1v) is 11.0. The van der Waals surface area contributed by atoms with Crippen molar-refractivity contribution in [3.63, 3.8) is 0 Å². The highest BCUT2D eigenvalue weighted by Crippen LogP contribution is 2.42. The summed E-state index contributed by atoms with van der Waals surface area (Å²) in [4.78, 5) is 4.57. The van der Waals surface area contributed by atoms with E-state index < -0.39 is 10.0 Å². The van der Waals surface area contributed by atoms with E-state index in [0.29, 0.717) is 22.6 Å². The summed E-state index contributed by atoms with van der Waals surface area (Å²) < 4.78 is 30.3. The average molecular weight is 429 g/mol. The Hall–Kier alpha value is -2.35. The number of fused-ring (bicyclic) bond motifs is 7. The third-order valence-corrected chi connectivity index (χ3v) is 8.00. The largest absolute Gasteiger partial charge is 0.347 e. The Kier molecular flexibility index (Phi) is 4.07. The minimum Gasteiger partial charge on any atom is -0.347 e. The van der Waals surface area contributed by atoms with Gasteiger partial charge in [-0.1, -0.05) is 0 Å². The van der Waals surface area contributed by atoms with Crippen LogP contribution in [0.5, 0.6) is 0 Å². The fraction of sp³-hybridized carbons (Fsp3) is 0.286. The third kappa shape index (κ3) is 2.51. The van der Waals surface area contributed by atoms with Crippen LogP contribution in [-0.2, 0) is 23.5 Å². The quantitative estimate of drug-likeness (QED) is 0.530. The fourth-order valence-electron chi connectivity index (χ4n) is 4.99. The van der Waals surface area contributed by atoms with Gasteiger partial charge in [0.05, 0.1) is 4.90 Å². The number of aryl methyl sites for hydroxylation is 1. The van der Waals surface area contributed by atoms with Crippen LogP contribution in [-0.4, -0.2) is 28.0 Å². The zero-order valence-electron chi connectivity index (χ0n) is 15.9. The molecule has 0 radical (unpaired) electrons. The van der Waals surface area contributed by atoms with Gasteiger partial charge in [0.2, 0.25) is 0 Å². The Morgan fingerprint density at radius 2 is 2.03 bits per heavy atom. The van der Waals surface area contributed by atoms with Gasteiger partial charge in [-0.25, -0.2) is 17.4 Å². The lowest BCUT2D eigenvalue weighted by atomic mass is 9.99. The molecule has 150 valence electrons. The summed E-state index contributed by atoms with van der Waals surface area (Å²) >= 11 is 0. The lowest BCUT2D eigenvalue weighted by Gasteiger charge is -2.23. The van der Waals surface area contributed by atoms with Crippen LogP contribution in [0, 0.1) is 0 Å². The summed E-state index contributed by atoms with van der Waals surface area (Å²) in [6.07, 6.45) is 6.50. The summed E-state index contributed by atoms with van der Waals surface area (Å²) in [5.41, 5.74) is 4.16. The molecule has 2 unspecified atom stereocenters. The maximum atomic E-state index is 13.4. The van der Waals surface area contributed by atoms with Crippen LogP contribution < -0.4 is 5.32 Å². The highest BCUT2D eigenvalue weighted by Gasteiger charge is 2.36. The Morgan fingerprint density at radius 3 is 2.90 bits per heavy atom. The number of hydrogen-bond donors (Lipinski definition) is 1. The molecule has 2 aliphatic heterocycles. The molecule has 6 rings (SSSR count). The molecule has 29 heavy (non-hydrogen) atoms. The minimum absolute atomic E-state index is 0. The van der Waals surface area contributed by atoms with Crippen LogP contribution in [0.4, 0.5) is 0 Å². The van der Waals surface area contributed by atoms with E-state index >= 15 is 0 Å². The number of aromatic nitrogens is 3. The first-order valence-electron chi connectivity index (χ1n) is 9.59. The van der Waals surface area contributed by atoms with E-state index in [1.54, 1.807) is 24.5 Å². The van der Waals surface area contributed by atoms with Gasteiger partial charge in [0, 0.05) is 59.9 Å². The highest BCUT2D eigenvalue weighted by atomic mass is 35.5. The van der Waals surface area contributed by atoms with Crippen LogP contribution in [0.15, 0.2) is 53.7 Å². The predicted molar refractivity (Wildman–Crippen MR) is 115 cm³/mol. The minimum atomic E-state index is -3.72. The first-order chi connectivity index (χ1) is 13.5. The van der Waals surface area contributed by atoms with Crippen molar-refractivity contribution in [3.05, 3.63) is 60.0 Å². The number of benzene rings is 1. The number of nitrogens with one attached hydrogen (secondary N) is 1. The van der Waals surface area contributed by atoms with Crippen molar-refractivity contribution in [2.24, 2.45) is 7.05 Å². The molecule has 8 heteroatoms. The monoisotopic (exact) mass is 428 g/mol. The molecule has 6 nitrogen and oxygen atoms in total. The van der Waals surface area contributed by atoms with E-state index in [1.807, 2.05) is 24.3 Å². The van der Waals surface area contributed by atoms with Gasteiger partial charge in [-0.3, -0.25) is 0 Å². The van der Waals surface area contributed by atoms with Crippen LogP contribution in [0.25, 0.3) is 21.9 Å². The number of rotatable bonds is 2. The van der Waals surface area contributed by atoms with E-state index in [9.17, 15) is 8.42 Å². The predicted octanol–water partition coefficient (Wildman–Crippen LogP) is 3.54. The Morgan fingerprint density at radius 1 is 1.17 bits per heavy atom. The van der Waals surface area contributed by atoms with Crippen LogP contribution in [0.3, 0.4) is 0 Å². The number of hydrogen-bond acceptors (Lipinski definition) is 4. The average Bonchev–Trinajstić information content (AvgIpc) is 3.38. The lowest BCUT2D eigenvalue weighted by molar-refractivity contribution is 0.503. The zero-order valence-corrected chi connectivity index (χ0v) is 17.5. The van der Waals surface area contributed by atoms with Gasteiger partial charge < -0.3 is 9.88 Å². The maximum absolute atomic E-state index is 13.4. The zero-order chi connectivity index (χ0) is 19.0. The molecule has 1 N–H and O–H groups in total. The van der Waals surface area contributed by atoms with Crippen molar-refractivity contribution in [1.82, 2.24) is 18.8 Å². The second-order valence-corrected chi connectivity index (χ2v) is 9.64. The standard InChI is InChI=1S/C21H20N4O2S.ClH/c1-24-18-7-5-15(12-16(18)20-17-6-4-14(23-17)11-19(20)24)28(26,27)25-10-8-13-3-2-9-22-21(13)25;/h2-3,5,7-10,12,14,17,23H,4,6,11H2,1H3;1H. The van der Waals surface area contributed by atoms with Crippen molar-refractivity contribution in [1.29, 1.82) is 0 Å². The molecular weight excluding hydrogens is 408 g/mol. The first kappa shape index (κ1) is 18.7.